The number of rotatable bonds is 4. The summed E-state index contributed by atoms with van der Waals surface area (Å²) < 4.78 is 0. The Morgan fingerprint density at radius 3 is 2.93 bits per heavy atom. The van der Waals surface area contributed by atoms with E-state index >= 15 is 0 Å². The van der Waals surface area contributed by atoms with Crippen molar-refractivity contribution in [2.24, 2.45) is 0 Å². The highest BCUT2D eigenvalue weighted by molar-refractivity contribution is 6.30. The molecule has 1 unspecified atom stereocenters. The fraction of sp³-hybridized carbons (Fsp3) is 0.286. The Bertz CT molecular complexity index is 1030. The molecule has 3 aromatic rings. The Hall–Kier alpha value is -2.86. The van der Waals surface area contributed by atoms with Crippen molar-refractivity contribution in [2.45, 2.75) is 25.2 Å². The number of likely N-dealkylation sites (tertiary alicyclic amines) is 1. The van der Waals surface area contributed by atoms with Gasteiger partial charge < -0.3 is 9.88 Å². The molecule has 144 valence electrons. The third-order valence-corrected chi connectivity index (χ3v) is 5.42. The lowest BCUT2D eigenvalue weighted by molar-refractivity contribution is 0.0703. The summed E-state index contributed by atoms with van der Waals surface area (Å²) in [7, 11) is 0. The van der Waals surface area contributed by atoms with E-state index in [2.05, 4.69) is 27.3 Å². The van der Waals surface area contributed by atoms with Crippen molar-refractivity contribution < 1.29 is 4.79 Å². The van der Waals surface area contributed by atoms with Crippen molar-refractivity contribution in [3.63, 3.8) is 0 Å². The first-order valence-electron chi connectivity index (χ1n) is 9.35. The van der Waals surface area contributed by atoms with Crippen LogP contribution in [0.2, 0.25) is 5.02 Å². The number of nitrogens with zero attached hydrogens (tertiary/aromatic N) is 2. The van der Waals surface area contributed by atoms with Crippen LogP contribution in [-0.4, -0.2) is 39.1 Å². The van der Waals surface area contributed by atoms with Gasteiger partial charge in [0.1, 0.15) is 5.56 Å². The van der Waals surface area contributed by atoms with Crippen molar-refractivity contribution in [1.82, 2.24) is 20.1 Å². The molecular formula is C21H21ClN4O2. The van der Waals surface area contributed by atoms with Gasteiger partial charge in [0.2, 0.25) is 0 Å². The van der Waals surface area contributed by atoms with Gasteiger partial charge in [-0.2, -0.15) is 5.10 Å². The van der Waals surface area contributed by atoms with Crippen molar-refractivity contribution in [3.8, 4) is 0 Å². The minimum atomic E-state index is -0.414. The van der Waals surface area contributed by atoms with Gasteiger partial charge in [-0.25, -0.2) is 0 Å². The Balaban J connectivity index is 1.53. The standard InChI is InChI=1S/C21H21ClN4O2/c22-17-10-18(20(27)23-12-17)21(28)26-8-4-7-15(13-26)19-16(11-24-25-19)9-14-5-2-1-3-6-14/h1-3,5-6,10-12,15H,4,7-9,13H2,(H,23,27)(H,24,25). The molecule has 7 heteroatoms. The van der Waals surface area contributed by atoms with E-state index in [0.29, 0.717) is 18.1 Å². The number of H-pyrrole nitrogens is 2. The van der Waals surface area contributed by atoms with Crippen LogP contribution in [0.1, 0.15) is 45.9 Å². The van der Waals surface area contributed by atoms with Crippen LogP contribution in [0.25, 0.3) is 0 Å². The van der Waals surface area contributed by atoms with Gasteiger partial charge in [0, 0.05) is 37.3 Å². The molecule has 0 radical (unpaired) electrons. The quantitative estimate of drug-likeness (QED) is 0.709. The van der Waals surface area contributed by atoms with Crippen LogP contribution in [0.4, 0.5) is 0 Å². The molecule has 0 bridgehead atoms. The van der Waals surface area contributed by atoms with E-state index in [9.17, 15) is 9.59 Å². The molecule has 2 aromatic heterocycles. The highest BCUT2D eigenvalue weighted by atomic mass is 35.5. The Labute approximate surface area is 167 Å². The molecule has 0 spiro atoms. The Morgan fingerprint density at radius 2 is 2.11 bits per heavy atom. The lowest BCUT2D eigenvalue weighted by Crippen LogP contribution is -2.41. The van der Waals surface area contributed by atoms with Gasteiger partial charge >= 0.3 is 0 Å². The number of carbonyl (C=O) groups is 1. The SMILES string of the molecule is O=C(c1cc(Cl)c[nH]c1=O)N1CCCC(c2[nH]ncc2Cc2ccccc2)C1. The zero-order valence-corrected chi connectivity index (χ0v) is 16.1. The van der Waals surface area contributed by atoms with Gasteiger partial charge in [-0.3, -0.25) is 14.7 Å². The van der Waals surface area contributed by atoms with Crippen molar-refractivity contribution in [2.75, 3.05) is 13.1 Å². The predicted molar refractivity (Wildman–Crippen MR) is 108 cm³/mol. The van der Waals surface area contributed by atoms with Crippen molar-refractivity contribution in [3.05, 3.63) is 86.6 Å². The molecule has 1 saturated heterocycles. The van der Waals surface area contributed by atoms with E-state index < -0.39 is 5.56 Å². The second-order valence-corrected chi connectivity index (χ2v) is 7.56. The van der Waals surface area contributed by atoms with E-state index in [1.54, 1.807) is 4.90 Å². The molecule has 3 heterocycles. The maximum absolute atomic E-state index is 12.9. The third kappa shape index (κ3) is 3.87. The van der Waals surface area contributed by atoms with Gasteiger partial charge in [0.15, 0.2) is 0 Å². The average Bonchev–Trinajstić information content (AvgIpc) is 3.18. The number of carbonyl (C=O) groups excluding carboxylic acids is 1. The summed E-state index contributed by atoms with van der Waals surface area (Å²) in [5.41, 5.74) is 3.11. The summed E-state index contributed by atoms with van der Waals surface area (Å²) >= 11 is 5.95. The van der Waals surface area contributed by atoms with Gasteiger partial charge in [0.25, 0.3) is 11.5 Å². The highest BCUT2D eigenvalue weighted by Crippen LogP contribution is 2.29. The number of hydrogen-bond donors (Lipinski definition) is 2. The number of aromatic nitrogens is 3. The van der Waals surface area contributed by atoms with Gasteiger partial charge in [-0.1, -0.05) is 41.9 Å². The molecule has 1 atom stereocenters. The molecule has 1 amide bonds. The van der Waals surface area contributed by atoms with E-state index in [0.717, 1.165) is 30.5 Å². The van der Waals surface area contributed by atoms with Crippen LogP contribution in [0.3, 0.4) is 0 Å². The highest BCUT2D eigenvalue weighted by Gasteiger charge is 2.29. The number of aromatic amines is 2. The summed E-state index contributed by atoms with van der Waals surface area (Å²) in [5, 5.41) is 7.73. The van der Waals surface area contributed by atoms with Gasteiger partial charge in [-0.15, -0.1) is 0 Å². The monoisotopic (exact) mass is 396 g/mol. The molecule has 0 aliphatic carbocycles. The number of benzene rings is 1. The largest absolute Gasteiger partial charge is 0.338 e. The van der Waals surface area contributed by atoms with Crippen LogP contribution in [0, 0.1) is 0 Å². The number of hydrogen-bond acceptors (Lipinski definition) is 3. The number of amides is 1. The molecule has 4 rings (SSSR count). The summed E-state index contributed by atoms with van der Waals surface area (Å²) in [6.45, 7) is 1.18. The smallest absolute Gasteiger partial charge is 0.260 e. The first kappa shape index (κ1) is 18.5. The second-order valence-electron chi connectivity index (χ2n) is 7.12. The Morgan fingerprint density at radius 1 is 1.29 bits per heavy atom. The Kier molecular flexibility index (Phi) is 5.30. The third-order valence-electron chi connectivity index (χ3n) is 5.20. The topological polar surface area (TPSA) is 81.9 Å². The fourth-order valence-corrected chi connectivity index (χ4v) is 3.98. The zero-order chi connectivity index (χ0) is 19.5. The van der Waals surface area contributed by atoms with Crippen LogP contribution in [0.15, 0.2) is 53.6 Å². The fourth-order valence-electron chi connectivity index (χ4n) is 3.81. The molecule has 0 saturated carbocycles. The first-order chi connectivity index (χ1) is 13.6. The zero-order valence-electron chi connectivity index (χ0n) is 15.3. The van der Waals surface area contributed by atoms with Crippen LogP contribution in [0.5, 0.6) is 0 Å². The lowest BCUT2D eigenvalue weighted by atomic mass is 9.90. The minimum Gasteiger partial charge on any atom is -0.338 e. The molecular weight excluding hydrogens is 376 g/mol. The average molecular weight is 397 g/mol. The van der Waals surface area contributed by atoms with Gasteiger partial charge in [0.05, 0.1) is 11.2 Å². The minimum absolute atomic E-state index is 0.0854. The first-order valence-corrected chi connectivity index (χ1v) is 9.73. The second kappa shape index (κ2) is 8.02. The van der Waals surface area contributed by atoms with Crippen LogP contribution >= 0.6 is 11.6 Å². The number of nitrogens with one attached hydrogen (secondary N) is 2. The van der Waals surface area contributed by atoms with Crippen molar-refractivity contribution >= 4 is 17.5 Å². The van der Waals surface area contributed by atoms with E-state index in [-0.39, 0.29) is 17.4 Å². The molecule has 1 aliphatic rings. The summed E-state index contributed by atoms with van der Waals surface area (Å²) in [6, 6.07) is 11.7. The summed E-state index contributed by atoms with van der Waals surface area (Å²) in [6.07, 6.45) is 5.90. The van der Waals surface area contributed by atoms with E-state index in [1.807, 2.05) is 24.4 Å². The maximum Gasteiger partial charge on any atom is 0.260 e. The van der Waals surface area contributed by atoms with E-state index in [4.69, 9.17) is 11.6 Å². The van der Waals surface area contributed by atoms with Crippen molar-refractivity contribution in [1.29, 1.82) is 0 Å². The predicted octanol–water partition coefficient (Wildman–Crippen LogP) is 3.36. The molecule has 6 nitrogen and oxygen atoms in total. The summed E-state index contributed by atoms with van der Waals surface area (Å²) in [5.74, 6) is -0.116. The number of halogens is 1. The molecule has 2 N–H and O–H groups in total. The normalized spacial score (nSPS) is 16.9. The lowest BCUT2D eigenvalue weighted by Gasteiger charge is -2.32. The van der Waals surface area contributed by atoms with Gasteiger partial charge in [-0.05, 0) is 30.0 Å². The molecule has 28 heavy (non-hydrogen) atoms. The van der Waals surface area contributed by atoms with E-state index in [1.165, 1.54) is 17.8 Å². The number of pyridine rings is 1. The van der Waals surface area contributed by atoms with Crippen LogP contribution < -0.4 is 5.56 Å². The molecule has 1 aromatic carbocycles. The molecule has 1 aliphatic heterocycles. The maximum atomic E-state index is 12.9. The van der Waals surface area contributed by atoms with Crippen LogP contribution in [-0.2, 0) is 6.42 Å². The number of piperidine rings is 1. The molecule has 1 fully saturated rings. The summed E-state index contributed by atoms with van der Waals surface area (Å²) in [4.78, 5) is 29.2.